The van der Waals surface area contributed by atoms with Crippen LogP contribution in [0.3, 0.4) is 0 Å². The number of hydrogen-bond donors (Lipinski definition) is 0. The monoisotopic (exact) mass is 369 g/mol. The molecule has 6 nitrogen and oxygen atoms in total. The van der Waals surface area contributed by atoms with E-state index in [-0.39, 0.29) is 11.9 Å². The summed E-state index contributed by atoms with van der Waals surface area (Å²) in [4.78, 5) is 8.36. The summed E-state index contributed by atoms with van der Waals surface area (Å²) in [5.74, 6) is 0.607. The normalized spacial score (nSPS) is 18.2. The lowest BCUT2D eigenvalue weighted by molar-refractivity contribution is 0.214. The van der Waals surface area contributed by atoms with Gasteiger partial charge in [-0.25, -0.2) is 8.42 Å². The Balaban J connectivity index is 1.49. The van der Waals surface area contributed by atoms with E-state index in [1.54, 1.807) is 24.7 Å². The van der Waals surface area contributed by atoms with Gasteiger partial charge in [0.05, 0.1) is 24.0 Å². The maximum atomic E-state index is 12.9. The van der Waals surface area contributed by atoms with E-state index >= 15 is 0 Å². The Morgan fingerprint density at radius 1 is 1.12 bits per heavy atom. The number of rotatable bonds is 5. The van der Waals surface area contributed by atoms with Crippen LogP contribution in [0.5, 0.6) is 5.75 Å². The number of benzene rings is 1. The van der Waals surface area contributed by atoms with E-state index in [1.807, 2.05) is 36.4 Å². The molecule has 7 heteroatoms. The maximum Gasteiger partial charge on any atom is 0.218 e. The number of ether oxygens (including phenoxy) is 1. The zero-order chi connectivity index (χ0) is 18.0. The largest absolute Gasteiger partial charge is 0.487 e. The zero-order valence-corrected chi connectivity index (χ0v) is 15.0. The number of fused-ring (bicyclic) bond motifs is 1. The van der Waals surface area contributed by atoms with E-state index in [2.05, 4.69) is 9.97 Å². The first-order chi connectivity index (χ1) is 12.6. The topological polar surface area (TPSA) is 72.4 Å². The fraction of sp³-hybridized carbons (Fsp3) is 0.263. The number of sulfonamides is 1. The van der Waals surface area contributed by atoms with E-state index in [0.29, 0.717) is 25.3 Å². The van der Waals surface area contributed by atoms with Crippen LogP contribution in [0.1, 0.15) is 12.0 Å². The van der Waals surface area contributed by atoms with E-state index in [9.17, 15) is 8.42 Å². The predicted octanol–water partition coefficient (Wildman–Crippen LogP) is 2.61. The van der Waals surface area contributed by atoms with Crippen LogP contribution in [-0.2, 0) is 15.8 Å². The standard InChI is InChI=1S/C19H19N3O3S/c23-26(24,14-16-5-1-4-15-6-2-10-21-19(15)16)22-11-8-18(13-22)25-17-7-3-9-20-12-17/h1-7,9-10,12,18H,8,11,13-14H2. The van der Waals surface area contributed by atoms with Crippen molar-refractivity contribution in [2.24, 2.45) is 0 Å². The molecule has 0 radical (unpaired) electrons. The third-order valence-corrected chi connectivity index (χ3v) is 6.29. The molecule has 0 N–H and O–H groups in total. The highest BCUT2D eigenvalue weighted by atomic mass is 32.2. The quantitative estimate of drug-likeness (QED) is 0.691. The first kappa shape index (κ1) is 16.9. The van der Waals surface area contributed by atoms with Crippen molar-refractivity contribution < 1.29 is 13.2 Å². The zero-order valence-electron chi connectivity index (χ0n) is 14.2. The molecule has 134 valence electrons. The molecule has 3 aromatic rings. The average molecular weight is 369 g/mol. The summed E-state index contributed by atoms with van der Waals surface area (Å²) in [7, 11) is -3.43. The molecule has 0 amide bonds. The third kappa shape index (κ3) is 3.54. The predicted molar refractivity (Wildman–Crippen MR) is 99.2 cm³/mol. The van der Waals surface area contributed by atoms with Gasteiger partial charge >= 0.3 is 0 Å². The van der Waals surface area contributed by atoms with Crippen molar-refractivity contribution in [2.45, 2.75) is 18.3 Å². The van der Waals surface area contributed by atoms with Crippen LogP contribution in [0.2, 0.25) is 0 Å². The lowest BCUT2D eigenvalue weighted by Gasteiger charge is -2.17. The average Bonchev–Trinajstić information content (AvgIpc) is 3.12. The molecule has 0 saturated carbocycles. The van der Waals surface area contributed by atoms with Crippen LogP contribution in [0.4, 0.5) is 0 Å². The van der Waals surface area contributed by atoms with Gasteiger partial charge in [-0.3, -0.25) is 9.97 Å². The highest BCUT2D eigenvalue weighted by Gasteiger charge is 2.33. The van der Waals surface area contributed by atoms with Gasteiger partial charge in [-0.2, -0.15) is 4.31 Å². The van der Waals surface area contributed by atoms with Crippen LogP contribution in [0.15, 0.2) is 61.1 Å². The van der Waals surface area contributed by atoms with Gasteiger partial charge < -0.3 is 4.74 Å². The molecule has 1 fully saturated rings. The summed E-state index contributed by atoms with van der Waals surface area (Å²) in [6.07, 6.45) is 5.52. The molecule has 1 aliphatic heterocycles. The lowest BCUT2D eigenvalue weighted by atomic mass is 10.1. The van der Waals surface area contributed by atoms with Gasteiger partial charge in [0.15, 0.2) is 0 Å². The molecule has 3 heterocycles. The van der Waals surface area contributed by atoms with Gasteiger partial charge in [0.25, 0.3) is 0 Å². The Bertz CT molecular complexity index is 1000. The fourth-order valence-corrected chi connectivity index (χ4v) is 4.81. The maximum absolute atomic E-state index is 12.9. The highest BCUT2D eigenvalue weighted by molar-refractivity contribution is 7.88. The number of hydrogen-bond acceptors (Lipinski definition) is 5. The second-order valence-electron chi connectivity index (χ2n) is 6.32. The molecular formula is C19H19N3O3S. The number of aromatic nitrogens is 2. The second-order valence-corrected chi connectivity index (χ2v) is 8.29. The molecule has 1 atom stereocenters. The number of pyridine rings is 2. The molecule has 26 heavy (non-hydrogen) atoms. The molecule has 0 bridgehead atoms. The molecule has 1 unspecified atom stereocenters. The van der Waals surface area contributed by atoms with Gasteiger partial charge in [-0.15, -0.1) is 0 Å². The van der Waals surface area contributed by atoms with Crippen molar-refractivity contribution >= 4 is 20.9 Å². The van der Waals surface area contributed by atoms with Crippen LogP contribution in [-0.4, -0.2) is 41.9 Å². The number of nitrogens with zero attached hydrogens (tertiary/aromatic N) is 3. The summed E-state index contributed by atoms with van der Waals surface area (Å²) >= 11 is 0. The second kappa shape index (κ2) is 7.01. The first-order valence-corrected chi connectivity index (χ1v) is 10.1. The Kier molecular flexibility index (Phi) is 4.57. The van der Waals surface area contributed by atoms with E-state index < -0.39 is 10.0 Å². The van der Waals surface area contributed by atoms with Crippen molar-refractivity contribution in [1.29, 1.82) is 0 Å². The summed E-state index contributed by atoms with van der Waals surface area (Å²) in [6, 6.07) is 13.0. The Morgan fingerprint density at radius 3 is 2.81 bits per heavy atom. The van der Waals surface area contributed by atoms with Gasteiger partial charge in [0.2, 0.25) is 10.0 Å². The third-order valence-electron chi connectivity index (χ3n) is 4.49. The van der Waals surface area contributed by atoms with Crippen LogP contribution in [0.25, 0.3) is 10.9 Å². The van der Waals surface area contributed by atoms with Crippen molar-refractivity contribution in [3.63, 3.8) is 0 Å². The molecular weight excluding hydrogens is 350 g/mol. The Labute approximate surface area is 152 Å². The van der Waals surface area contributed by atoms with Crippen molar-refractivity contribution in [1.82, 2.24) is 14.3 Å². The van der Waals surface area contributed by atoms with Gasteiger partial charge in [0.1, 0.15) is 11.9 Å². The fourth-order valence-electron chi connectivity index (χ4n) is 3.23. The van der Waals surface area contributed by atoms with E-state index in [0.717, 1.165) is 16.5 Å². The lowest BCUT2D eigenvalue weighted by Crippen LogP contribution is -2.32. The summed E-state index contributed by atoms with van der Waals surface area (Å²) in [5, 5.41) is 0.944. The van der Waals surface area contributed by atoms with Gasteiger partial charge in [0, 0.05) is 24.3 Å². The summed E-state index contributed by atoms with van der Waals surface area (Å²) in [6.45, 7) is 0.820. The molecule has 1 aromatic carbocycles. The van der Waals surface area contributed by atoms with Crippen LogP contribution in [0, 0.1) is 0 Å². The SMILES string of the molecule is O=S(=O)(Cc1cccc2cccnc12)N1CCC(Oc2cccnc2)C1. The van der Waals surface area contributed by atoms with Crippen LogP contribution >= 0.6 is 0 Å². The molecule has 0 spiro atoms. The minimum absolute atomic E-state index is 0.0546. The Hall–Kier alpha value is -2.51. The van der Waals surface area contributed by atoms with Gasteiger partial charge in [-0.1, -0.05) is 24.3 Å². The Morgan fingerprint density at radius 2 is 1.96 bits per heavy atom. The molecule has 1 aliphatic rings. The summed E-state index contributed by atoms with van der Waals surface area (Å²) < 4.78 is 33.1. The molecule has 2 aromatic heterocycles. The highest BCUT2D eigenvalue weighted by Crippen LogP contribution is 2.24. The van der Waals surface area contributed by atoms with Crippen molar-refractivity contribution in [2.75, 3.05) is 13.1 Å². The van der Waals surface area contributed by atoms with Gasteiger partial charge in [-0.05, 0) is 30.2 Å². The minimum Gasteiger partial charge on any atom is -0.487 e. The summed E-state index contributed by atoms with van der Waals surface area (Å²) in [5.41, 5.74) is 1.46. The minimum atomic E-state index is -3.43. The van der Waals surface area contributed by atoms with E-state index in [1.165, 1.54) is 4.31 Å². The van der Waals surface area contributed by atoms with Crippen molar-refractivity contribution in [3.8, 4) is 5.75 Å². The first-order valence-electron chi connectivity index (χ1n) is 8.49. The molecule has 0 aliphatic carbocycles. The molecule has 1 saturated heterocycles. The number of para-hydroxylation sites is 1. The van der Waals surface area contributed by atoms with Crippen molar-refractivity contribution in [3.05, 3.63) is 66.6 Å². The van der Waals surface area contributed by atoms with E-state index in [4.69, 9.17) is 4.74 Å². The van der Waals surface area contributed by atoms with Crippen LogP contribution < -0.4 is 4.74 Å². The smallest absolute Gasteiger partial charge is 0.218 e. The molecule has 4 rings (SSSR count).